The standard InChI is InChI=1S/C16H24FN3O/c1-11(18)14(12-7-5-6-8-13(12)17)20-10-9-19(4)15(21)16(20,2)3/h5-8,11,14H,9-10,18H2,1-4H3. The summed E-state index contributed by atoms with van der Waals surface area (Å²) >= 11 is 0. The van der Waals surface area contributed by atoms with Gasteiger partial charge in [0.1, 0.15) is 5.82 Å². The fraction of sp³-hybridized carbons (Fsp3) is 0.562. The molecule has 0 spiro atoms. The number of carbonyl (C=O) groups is 1. The molecule has 0 bridgehead atoms. The van der Waals surface area contributed by atoms with Crippen LogP contribution in [0.4, 0.5) is 4.39 Å². The Hall–Kier alpha value is -1.46. The van der Waals surface area contributed by atoms with Gasteiger partial charge in [0.25, 0.3) is 0 Å². The molecule has 1 heterocycles. The number of halogens is 1. The van der Waals surface area contributed by atoms with E-state index in [1.54, 1.807) is 30.1 Å². The largest absolute Gasteiger partial charge is 0.343 e. The number of rotatable bonds is 3. The normalized spacial score (nSPS) is 22.2. The van der Waals surface area contributed by atoms with E-state index in [1.165, 1.54) is 6.07 Å². The van der Waals surface area contributed by atoms with E-state index in [1.807, 2.05) is 25.7 Å². The SMILES string of the molecule is CC(N)C(c1ccccc1F)N1CCN(C)C(=O)C1(C)C. The smallest absolute Gasteiger partial charge is 0.242 e. The van der Waals surface area contributed by atoms with Crippen molar-refractivity contribution < 1.29 is 9.18 Å². The maximum Gasteiger partial charge on any atom is 0.242 e. The lowest BCUT2D eigenvalue weighted by Crippen LogP contribution is -2.64. The van der Waals surface area contributed by atoms with Crippen molar-refractivity contribution in [1.82, 2.24) is 9.80 Å². The summed E-state index contributed by atoms with van der Waals surface area (Å²) in [7, 11) is 1.80. The van der Waals surface area contributed by atoms with Crippen LogP contribution >= 0.6 is 0 Å². The van der Waals surface area contributed by atoms with Gasteiger partial charge >= 0.3 is 0 Å². The molecule has 116 valence electrons. The van der Waals surface area contributed by atoms with Gasteiger partial charge in [-0.1, -0.05) is 18.2 Å². The Morgan fingerprint density at radius 1 is 1.29 bits per heavy atom. The molecule has 0 radical (unpaired) electrons. The highest BCUT2D eigenvalue weighted by molar-refractivity contribution is 5.86. The first-order chi connectivity index (χ1) is 9.76. The topological polar surface area (TPSA) is 49.6 Å². The third-order valence-electron chi connectivity index (χ3n) is 4.32. The van der Waals surface area contributed by atoms with Crippen LogP contribution in [0, 0.1) is 5.82 Å². The summed E-state index contributed by atoms with van der Waals surface area (Å²) in [5.74, 6) is -0.238. The summed E-state index contributed by atoms with van der Waals surface area (Å²) in [6.07, 6.45) is 0. The second-order valence-corrected chi connectivity index (χ2v) is 6.30. The van der Waals surface area contributed by atoms with Crippen molar-refractivity contribution in [2.24, 2.45) is 5.73 Å². The summed E-state index contributed by atoms with van der Waals surface area (Å²) < 4.78 is 14.2. The number of amides is 1. The number of carbonyl (C=O) groups excluding carboxylic acids is 1. The Morgan fingerprint density at radius 3 is 2.48 bits per heavy atom. The van der Waals surface area contributed by atoms with Crippen molar-refractivity contribution in [3.05, 3.63) is 35.6 Å². The Balaban J connectivity index is 2.44. The summed E-state index contributed by atoms with van der Waals surface area (Å²) in [5.41, 5.74) is 5.99. The zero-order chi connectivity index (χ0) is 15.8. The minimum Gasteiger partial charge on any atom is -0.343 e. The molecular formula is C16H24FN3O. The zero-order valence-electron chi connectivity index (χ0n) is 13.1. The molecule has 5 heteroatoms. The van der Waals surface area contributed by atoms with Crippen LogP contribution in [0.3, 0.4) is 0 Å². The number of likely N-dealkylation sites (N-methyl/N-ethyl adjacent to an activating group) is 1. The van der Waals surface area contributed by atoms with E-state index in [9.17, 15) is 9.18 Å². The third-order valence-corrected chi connectivity index (χ3v) is 4.32. The predicted octanol–water partition coefficient (Wildman–Crippen LogP) is 1.77. The second-order valence-electron chi connectivity index (χ2n) is 6.30. The van der Waals surface area contributed by atoms with Gasteiger partial charge in [-0.15, -0.1) is 0 Å². The second kappa shape index (κ2) is 5.73. The number of nitrogens with zero attached hydrogens (tertiary/aromatic N) is 2. The molecule has 0 aromatic heterocycles. The van der Waals surface area contributed by atoms with E-state index in [4.69, 9.17) is 5.73 Å². The van der Waals surface area contributed by atoms with Crippen molar-refractivity contribution in [2.45, 2.75) is 38.4 Å². The van der Waals surface area contributed by atoms with E-state index in [0.717, 1.165) is 0 Å². The van der Waals surface area contributed by atoms with Crippen LogP contribution in [-0.2, 0) is 4.79 Å². The maximum absolute atomic E-state index is 14.2. The van der Waals surface area contributed by atoms with Crippen LogP contribution in [0.2, 0.25) is 0 Å². The molecule has 2 rings (SSSR count). The lowest BCUT2D eigenvalue weighted by molar-refractivity contribution is -0.150. The molecule has 1 amide bonds. The molecule has 1 saturated heterocycles. The van der Waals surface area contributed by atoms with Gasteiger partial charge in [0.15, 0.2) is 0 Å². The number of hydrogen-bond acceptors (Lipinski definition) is 3. The van der Waals surface area contributed by atoms with Gasteiger partial charge in [0, 0.05) is 31.7 Å². The zero-order valence-corrected chi connectivity index (χ0v) is 13.1. The Kier molecular flexibility index (Phi) is 4.35. The molecule has 21 heavy (non-hydrogen) atoms. The molecule has 2 atom stereocenters. The van der Waals surface area contributed by atoms with Crippen LogP contribution in [0.5, 0.6) is 0 Å². The molecule has 4 nitrogen and oxygen atoms in total. The third kappa shape index (κ3) is 2.80. The van der Waals surface area contributed by atoms with Gasteiger partial charge in [-0.2, -0.15) is 0 Å². The minimum absolute atomic E-state index is 0.0377. The molecule has 1 aliphatic heterocycles. The van der Waals surface area contributed by atoms with Gasteiger partial charge in [0.2, 0.25) is 5.91 Å². The highest BCUT2D eigenvalue weighted by atomic mass is 19.1. The summed E-state index contributed by atoms with van der Waals surface area (Å²) in [6, 6.07) is 6.06. The first-order valence-electron chi connectivity index (χ1n) is 7.29. The molecule has 1 fully saturated rings. The lowest BCUT2D eigenvalue weighted by Gasteiger charge is -2.49. The molecule has 1 aliphatic rings. The Bertz CT molecular complexity index is 530. The minimum atomic E-state index is -0.701. The van der Waals surface area contributed by atoms with Crippen LogP contribution in [0.1, 0.15) is 32.4 Å². The van der Waals surface area contributed by atoms with E-state index in [-0.39, 0.29) is 23.8 Å². The first-order valence-corrected chi connectivity index (χ1v) is 7.29. The Morgan fingerprint density at radius 2 is 1.90 bits per heavy atom. The van der Waals surface area contributed by atoms with Crippen molar-refractivity contribution in [1.29, 1.82) is 0 Å². The fourth-order valence-electron chi connectivity index (χ4n) is 3.17. The van der Waals surface area contributed by atoms with E-state index in [2.05, 4.69) is 0 Å². The summed E-state index contributed by atoms with van der Waals surface area (Å²) in [4.78, 5) is 16.2. The molecule has 2 unspecified atom stereocenters. The summed E-state index contributed by atoms with van der Waals surface area (Å²) in [5, 5.41) is 0. The number of nitrogens with two attached hydrogens (primary N) is 1. The van der Waals surface area contributed by atoms with Crippen molar-refractivity contribution in [2.75, 3.05) is 20.1 Å². The monoisotopic (exact) mass is 293 g/mol. The predicted molar refractivity (Wildman–Crippen MR) is 81.2 cm³/mol. The molecule has 1 aromatic carbocycles. The average molecular weight is 293 g/mol. The number of piperazine rings is 1. The van der Waals surface area contributed by atoms with Gasteiger partial charge in [-0.25, -0.2) is 4.39 Å². The van der Waals surface area contributed by atoms with Crippen molar-refractivity contribution >= 4 is 5.91 Å². The van der Waals surface area contributed by atoms with Crippen molar-refractivity contribution in [3.8, 4) is 0 Å². The van der Waals surface area contributed by atoms with Crippen LogP contribution < -0.4 is 5.73 Å². The Labute approximate surface area is 125 Å². The lowest BCUT2D eigenvalue weighted by atomic mass is 9.89. The molecule has 0 saturated carbocycles. The average Bonchev–Trinajstić information content (AvgIpc) is 2.41. The van der Waals surface area contributed by atoms with Gasteiger partial charge in [-0.3, -0.25) is 9.69 Å². The number of benzene rings is 1. The highest BCUT2D eigenvalue weighted by Gasteiger charge is 2.45. The van der Waals surface area contributed by atoms with Crippen molar-refractivity contribution in [3.63, 3.8) is 0 Å². The van der Waals surface area contributed by atoms with E-state index >= 15 is 0 Å². The van der Waals surface area contributed by atoms with Gasteiger partial charge in [-0.05, 0) is 26.8 Å². The molecular weight excluding hydrogens is 269 g/mol. The van der Waals surface area contributed by atoms with Crippen LogP contribution in [0.25, 0.3) is 0 Å². The molecule has 2 N–H and O–H groups in total. The molecule has 0 aliphatic carbocycles. The van der Waals surface area contributed by atoms with Crippen LogP contribution in [0.15, 0.2) is 24.3 Å². The van der Waals surface area contributed by atoms with E-state index in [0.29, 0.717) is 18.7 Å². The van der Waals surface area contributed by atoms with Crippen LogP contribution in [-0.4, -0.2) is 47.4 Å². The quantitative estimate of drug-likeness (QED) is 0.924. The summed E-state index contributed by atoms with van der Waals surface area (Å²) in [6.45, 7) is 6.91. The molecule has 1 aromatic rings. The van der Waals surface area contributed by atoms with Gasteiger partial charge < -0.3 is 10.6 Å². The maximum atomic E-state index is 14.2. The number of hydrogen-bond donors (Lipinski definition) is 1. The van der Waals surface area contributed by atoms with E-state index < -0.39 is 5.54 Å². The highest BCUT2D eigenvalue weighted by Crippen LogP contribution is 2.34. The first kappa shape index (κ1) is 15.9. The fourth-order valence-corrected chi connectivity index (χ4v) is 3.17. The van der Waals surface area contributed by atoms with Gasteiger partial charge in [0.05, 0.1) is 11.6 Å².